The molecule has 1 aliphatic heterocycles. The summed E-state index contributed by atoms with van der Waals surface area (Å²) >= 11 is 0. The number of hydrogen-bond donors (Lipinski definition) is 2. The number of carboxylic acids is 1. The van der Waals surface area contributed by atoms with Crippen LogP contribution in [0.25, 0.3) is 0 Å². The Bertz CT molecular complexity index is 653. The maximum absolute atomic E-state index is 11.8. The summed E-state index contributed by atoms with van der Waals surface area (Å²) in [5.41, 5.74) is 0.879. The largest absolute Gasteiger partial charge is 0.494 e. The molecule has 1 amide bonds. The number of carbonyl (C=O) groups excluding carboxylic acids is 1. The van der Waals surface area contributed by atoms with Crippen molar-refractivity contribution in [2.45, 2.75) is 65.2 Å². The van der Waals surface area contributed by atoms with Crippen LogP contribution >= 0.6 is 0 Å². The molecule has 7 heteroatoms. The van der Waals surface area contributed by atoms with Gasteiger partial charge in [-0.05, 0) is 38.7 Å². The highest BCUT2D eigenvalue weighted by Crippen LogP contribution is 2.36. The second kappa shape index (κ2) is 7.41. The minimum Gasteiger partial charge on any atom is -0.480 e. The first-order chi connectivity index (χ1) is 11.9. The van der Waals surface area contributed by atoms with Gasteiger partial charge in [0.05, 0.1) is 11.2 Å². The SMILES string of the molecule is CC(C)C(=O)N[C@H](Cc1ccc(B2OC(C)(C)C(C)(C)O2)cc1)C(=O)O. The Morgan fingerprint density at radius 1 is 1.08 bits per heavy atom. The number of carboxylic acid groups (broad SMARTS) is 1. The number of rotatable bonds is 6. The minimum atomic E-state index is -1.05. The van der Waals surface area contributed by atoms with Crippen molar-refractivity contribution < 1.29 is 24.0 Å². The van der Waals surface area contributed by atoms with Gasteiger partial charge in [0.25, 0.3) is 0 Å². The molecule has 1 heterocycles. The molecule has 0 unspecified atom stereocenters. The lowest BCUT2D eigenvalue weighted by molar-refractivity contribution is -0.142. The van der Waals surface area contributed by atoms with E-state index in [1.807, 2.05) is 52.0 Å². The number of nitrogens with one attached hydrogen (secondary N) is 1. The van der Waals surface area contributed by atoms with Gasteiger partial charge in [-0.1, -0.05) is 38.1 Å². The van der Waals surface area contributed by atoms with Gasteiger partial charge in [0, 0.05) is 12.3 Å². The van der Waals surface area contributed by atoms with Gasteiger partial charge in [-0.15, -0.1) is 0 Å². The third kappa shape index (κ3) is 4.45. The number of benzene rings is 1. The number of hydrogen-bond acceptors (Lipinski definition) is 4. The Morgan fingerprint density at radius 3 is 2.00 bits per heavy atom. The van der Waals surface area contributed by atoms with Gasteiger partial charge < -0.3 is 19.7 Å². The van der Waals surface area contributed by atoms with E-state index in [2.05, 4.69) is 5.32 Å². The molecule has 1 fully saturated rings. The molecule has 0 radical (unpaired) electrons. The Hall–Kier alpha value is -1.86. The molecule has 0 aromatic heterocycles. The third-order valence-electron chi connectivity index (χ3n) is 5.08. The zero-order valence-corrected chi connectivity index (χ0v) is 16.3. The Morgan fingerprint density at radius 2 is 1.58 bits per heavy atom. The highest BCUT2D eigenvalue weighted by atomic mass is 16.7. The van der Waals surface area contributed by atoms with E-state index in [1.165, 1.54) is 0 Å². The average Bonchev–Trinajstić information content (AvgIpc) is 2.75. The van der Waals surface area contributed by atoms with Crippen LogP contribution in [0.2, 0.25) is 0 Å². The molecule has 2 N–H and O–H groups in total. The number of amides is 1. The van der Waals surface area contributed by atoms with Crippen molar-refractivity contribution in [2.24, 2.45) is 5.92 Å². The first-order valence-corrected chi connectivity index (χ1v) is 8.90. The maximum atomic E-state index is 11.8. The van der Waals surface area contributed by atoms with Crippen LogP contribution in [-0.4, -0.2) is 41.3 Å². The molecule has 1 aliphatic rings. The molecule has 0 bridgehead atoms. The lowest BCUT2D eigenvalue weighted by atomic mass is 9.78. The normalized spacial score (nSPS) is 19.4. The van der Waals surface area contributed by atoms with Crippen molar-refractivity contribution in [3.63, 3.8) is 0 Å². The van der Waals surface area contributed by atoms with E-state index in [9.17, 15) is 14.7 Å². The van der Waals surface area contributed by atoms with E-state index < -0.39 is 30.3 Å². The smallest absolute Gasteiger partial charge is 0.480 e. The summed E-state index contributed by atoms with van der Waals surface area (Å²) in [6.45, 7) is 11.4. The van der Waals surface area contributed by atoms with Crippen LogP contribution in [-0.2, 0) is 25.3 Å². The van der Waals surface area contributed by atoms with Crippen molar-refractivity contribution in [1.29, 1.82) is 0 Å². The van der Waals surface area contributed by atoms with E-state index in [0.29, 0.717) is 0 Å². The van der Waals surface area contributed by atoms with Crippen LogP contribution in [0, 0.1) is 5.92 Å². The molecule has 6 nitrogen and oxygen atoms in total. The van der Waals surface area contributed by atoms with Crippen LogP contribution in [0.1, 0.15) is 47.1 Å². The molecule has 0 saturated carbocycles. The zero-order valence-electron chi connectivity index (χ0n) is 16.3. The molecular weight excluding hydrogens is 333 g/mol. The quantitative estimate of drug-likeness (QED) is 0.755. The molecule has 1 saturated heterocycles. The lowest BCUT2D eigenvalue weighted by Crippen LogP contribution is -2.44. The van der Waals surface area contributed by atoms with Crippen molar-refractivity contribution in [3.8, 4) is 0 Å². The summed E-state index contributed by atoms with van der Waals surface area (Å²) in [5, 5.41) is 11.9. The van der Waals surface area contributed by atoms with Crippen molar-refractivity contribution in [2.75, 3.05) is 0 Å². The summed E-state index contributed by atoms with van der Waals surface area (Å²) in [6, 6.07) is 6.49. The Kier molecular flexibility index (Phi) is 5.83. The summed E-state index contributed by atoms with van der Waals surface area (Å²) in [7, 11) is -0.454. The van der Waals surface area contributed by atoms with Gasteiger partial charge in [0.1, 0.15) is 6.04 Å². The Balaban J connectivity index is 2.07. The molecule has 1 aromatic carbocycles. The second-order valence-corrected chi connectivity index (χ2v) is 8.09. The predicted molar refractivity (Wildman–Crippen MR) is 100 cm³/mol. The maximum Gasteiger partial charge on any atom is 0.494 e. The fourth-order valence-electron chi connectivity index (χ4n) is 2.56. The van der Waals surface area contributed by atoms with Gasteiger partial charge in [0.15, 0.2) is 0 Å². The molecular formula is C19H28BNO5. The standard InChI is InChI=1S/C19H28BNO5/c1-12(2)16(22)21-15(17(23)24)11-13-7-9-14(10-8-13)20-25-18(3,4)19(5,6)26-20/h7-10,12,15H,11H2,1-6H3,(H,21,22)(H,23,24)/t15-/m1/s1. The van der Waals surface area contributed by atoms with E-state index in [0.717, 1.165) is 11.0 Å². The minimum absolute atomic E-state index is 0.220. The highest BCUT2D eigenvalue weighted by Gasteiger charge is 2.51. The average molecular weight is 361 g/mol. The van der Waals surface area contributed by atoms with Crippen LogP contribution in [0.3, 0.4) is 0 Å². The molecule has 0 spiro atoms. The highest BCUT2D eigenvalue weighted by molar-refractivity contribution is 6.62. The molecule has 26 heavy (non-hydrogen) atoms. The van der Waals surface area contributed by atoms with E-state index in [-0.39, 0.29) is 18.2 Å². The predicted octanol–water partition coefficient (Wildman–Crippen LogP) is 1.75. The lowest BCUT2D eigenvalue weighted by Gasteiger charge is -2.32. The fraction of sp³-hybridized carbons (Fsp3) is 0.579. The summed E-state index contributed by atoms with van der Waals surface area (Å²) in [4.78, 5) is 23.2. The van der Waals surface area contributed by atoms with Gasteiger partial charge in [-0.2, -0.15) is 0 Å². The topological polar surface area (TPSA) is 84.9 Å². The summed E-state index contributed by atoms with van der Waals surface area (Å²) in [6.07, 6.45) is 0.220. The molecule has 0 aliphatic carbocycles. The van der Waals surface area contributed by atoms with Crippen molar-refractivity contribution in [1.82, 2.24) is 5.32 Å². The van der Waals surface area contributed by atoms with Crippen LogP contribution in [0.4, 0.5) is 0 Å². The molecule has 142 valence electrons. The van der Waals surface area contributed by atoms with E-state index >= 15 is 0 Å². The van der Waals surface area contributed by atoms with E-state index in [4.69, 9.17) is 9.31 Å². The van der Waals surface area contributed by atoms with Crippen LogP contribution in [0.15, 0.2) is 24.3 Å². The third-order valence-corrected chi connectivity index (χ3v) is 5.08. The monoisotopic (exact) mass is 361 g/mol. The zero-order chi connectivity index (χ0) is 19.7. The second-order valence-electron chi connectivity index (χ2n) is 8.09. The van der Waals surface area contributed by atoms with Crippen LogP contribution < -0.4 is 10.8 Å². The van der Waals surface area contributed by atoms with Gasteiger partial charge in [-0.3, -0.25) is 4.79 Å². The molecule has 2 rings (SSSR count). The van der Waals surface area contributed by atoms with Crippen molar-refractivity contribution in [3.05, 3.63) is 29.8 Å². The number of aliphatic carboxylic acids is 1. The number of carbonyl (C=O) groups is 2. The summed E-state index contributed by atoms with van der Waals surface area (Å²) in [5.74, 6) is -1.58. The summed E-state index contributed by atoms with van der Waals surface area (Å²) < 4.78 is 12.0. The van der Waals surface area contributed by atoms with Gasteiger partial charge >= 0.3 is 13.1 Å². The van der Waals surface area contributed by atoms with Crippen molar-refractivity contribution >= 4 is 24.5 Å². The molecule has 1 atom stereocenters. The van der Waals surface area contributed by atoms with Crippen LogP contribution in [0.5, 0.6) is 0 Å². The van der Waals surface area contributed by atoms with E-state index in [1.54, 1.807) is 13.8 Å². The first kappa shape index (κ1) is 20.5. The van der Waals surface area contributed by atoms with Gasteiger partial charge in [0.2, 0.25) is 5.91 Å². The Labute approximate surface area is 155 Å². The molecule has 1 aromatic rings. The first-order valence-electron chi connectivity index (χ1n) is 8.90. The fourth-order valence-corrected chi connectivity index (χ4v) is 2.56. The van der Waals surface area contributed by atoms with Gasteiger partial charge in [-0.25, -0.2) is 4.79 Å².